The zero-order chi connectivity index (χ0) is 34.1. The number of carboxylic acid groups (broad SMARTS) is 1. The van der Waals surface area contributed by atoms with Crippen molar-refractivity contribution >= 4 is 46.0 Å². The second kappa shape index (κ2) is 11.5. The van der Waals surface area contributed by atoms with Gasteiger partial charge < -0.3 is 10.0 Å². The van der Waals surface area contributed by atoms with Crippen LogP contribution in [0.4, 0.5) is 17.1 Å². The first-order chi connectivity index (χ1) is 23.6. The van der Waals surface area contributed by atoms with Gasteiger partial charge in [0.05, 0.1) is 0 Å². The zero-order valence-electron chi connectivity index (χ0n) is 28.2. The Morgan fingerprint density at radius 2 is 1.63 bits per heavy atom. The molecule has 49 heavy (non-hydrogen) atoms. The van der Waals surface area contributed by atoms with E-state index in [0.29, 0.717) is 11.8 Å². The molecule has 1 aromatic heterocycles. The third-order valence-corrected chi connectivity index (χ3v) is 12.2. The lowest BCUT2D eigenvalue weighted by atomic mass is 9.74. The van der Waals surface area contributed by atoms with Crippen LogP contribution in [-0.4, -0.2) is 11.1 Å². The number of hydrogen-bond acceptors (Lipinski definition) is 4. The number of hydrogen-bond donors (Lipinski definition) is 1. The van der Waals surface area contributed by atoms with Gasteiger partial charge in [0, 0.05) is 38.1 Å². The quantitative estimate of drug-likeness (QED) is 0.165. The number of aliphatic carboxylic acids is 1. The highest BCUT2D eigenvalue weighted by molar-refractivity contribution is 7.16. The van der Waals surface area contributed by atoms with E-state index in [1.165, 1.54) is 50.8 Å². The molecule has 2 unspecified atom stereocenters. The Balaban J connectivity index is 1.22. The first kappa shape index (κ1) is 31.1. The maximum Gasteiger partial charge on any atom is 0.346 e. The van der Waals surface area contributed by atoms with Crippen LogP contribution in [0.1, 0.15) is 73.6 Å². The number of fused-ring (bicyclic) bond motifs is 5. The summed E-state index contributed by atoms with van der Waals surface area (Å²) in [6, 6.07) is 28.3. The second-order valence-corrected chi connectivity index (χ2v) is 15.7. The van der Waals surface area contributed by atoms with Crippen molar-refractivity contribution in [1.29, 1.82) is 5.26 Å². The molecule has 0 spiro atoms. The number of allylic oxidation sites excluding steroid dienone is 8. The van der Waals surface area contributed by atoms with Crippen LogP contribution >= 0.6 is 11.3 Å². The Morgan fingerprint density at radius 3 is 2.39 bits per heavy atom. The topological polar surface area (TPSA) is 64.3 Å². The molecule has 3 aromatic carbocycles. The van der Waals surface area contributed by atoms with Crippen LogP contribution in [0.5, 0.6) is 0 Å². The average Bonchev–Trinajstić information content (AvgIpc) is 3.74. The predicted molar refractivity (Wildman–Crippen MR) is 202 cm³/mol. The summed E-state index contributed by atoms with van der Waals surface area (Å²) in [7, 11) is 0. The van der Waals surface area contributed by atoms with Crippen molar-refractivity contribution in [2.24, 2.45) is 5.92 Å². The first-order valence-corrected chi connectivity index (χ1v) is 17.8. The lowest BCUT2D eigenvalue weighted by Gasteiger charge is -2.31. The molecule has 0 fully saturated rings. The van der Waals surface area contributed by atoms with Gasteiger partial charge in [0.15, 0.2) is 0 Å². The summed E-state index contributed by atoms with van der Waals surface area (Å²) in [5, 5.41) is 18.5. The van der Waals surface area contributed by atoms with Gasteiger partial charge in [0.2, 0.25) is 0 Å². The molecule has 4 nitrogen and oxygen atoms in total. The number of nitriles is 1. The van der Waals surface area contributed by atoms with Gasteiger partial charge in [0.25, 0.3) is 0 Å². The molecule has 2 atom stereocenters. The molecule has 0 saturated heterocycles. The SMILES string of the molecule is CC1(C)C2=C(C=CCC2)c2ccc(N(c3ccc(-c4ccc(/C=C(\C#N)C(=O)O)s4)cc3)c3ccc4c(c3)C(C)(C)C3C=CC=CC43)cc21. The van der Waals surface area contributed by atoms with E-state index < -0.39 is 5.97 Å². The third kappa shape index (κ3) is 4.97. The van der Waals surface area contributed by atoms with Gasteiger partial charge in [-0.25, -0.2) is 4.79 Å². The molecule has 0 saturated carbocycles. The van der Waals surface area contributed by atoms with Crippen molar-refractivity contribution in [3.8, 4) is 16.5 Å². The van der Waals surface area contributed by atoms with Crippen molar-refractivity contribution in [2.75, 3.05) is 4.90 Å². The van der Waals surface area contributed by atoms with Gasteiger partial charge in [0.1, 0.15) is 11.6 Å². The number of carboxylic acids is 1. The van der Waals surface area contributed by atoms with E-state index in [1.807, 2.05) is 12.1 Å². The Kier molecular flexibility index (Phi) is 7.28. The molecule has 0 amide bonds. The number of anilines is 3. The Morgan fingerprint density at radius 1 is 0.918 bits per heavy atom. The summed E-state index contributed by atoms with van der Waals surface area (Å²) in [5.74, 6) is -0.383. The average molecular weight is 659 g/mol. The Labute approximate surface area is 292 Å². The lowest BCUT2D eigenvalue weighted by molar-refractivity contribution is -0.132. The van der Waals surface area contributed by atoms with E-state index in [9.17, 15) is 15.2 Å². The van der Waals surface area contributed by atoms with Crippen molar-refractivity contribution in [2.45, 2.75) is 57.3 Å². The van der Waals surface area contributed by atoms with E-state index in [2.05, 4.69) is 130 Å². The van der Waals surface area contributed by atoms with Gasteiger partial charge in [-0.05, 0) is 112 Å². The van der Waals surface area contributed by atoms with Crippen LogP contribution in [-0.2, 0) is 15.6 Å². The monoisotopic (exact) mass is 658 g/mol. The van der Waals surface area contributed by atoms with Crippen molar-refractivity contribution in [1.82, 2.24) is 0 Å². The third-order valence-electron chi connectivity index (χ3n) is 11.1. The molecular formula is C44H38N2O2S. The minimum atomic E-state index is -1.22. The smallest absolute Gasteiger partial charge is 0.346 e. The molecule has 1 heterocycles. The van der Waals surface area contributed by atoms with E-state index in [0.717, 1.165) is 45.2 Å². The molecule has 8 rings (SSSR count). The summed E-state index contributed by atoms with van der Waals surface area (Å²) in [4.78, 5) is 15.5. The highest BCUT2D eigenvalue weighted by Gasteiger charge is 2.45. The molecular weight excluding hydrogens is 621 g/mol. The van der Waals surface area contributed by atoms with Crippen LogP contribution < -0.4 is 4.90 Å². The first-order valence-electron chi connectivity index (χ1n) is 17.0. The summed E-state index contributed by atoms with van der Waals surface area (Å²) in [5.41, 5.74) is 12.6. The number of rotatable bonds is 6. The van der Waals surface area contributed by atoms with Gasteiger partial charge in [-0.3, -0.25) is 0 Å². The van der Waals surface area contributed by atoms with Crippen LogP contribution in [0.2, 0.25) is 0 Å². The molecule has 0 radical (unpaired) electrons. The van der Waals surface area contributed by atoms with Gasteiger partial charge in [-0.1, -0.05) is 94.0 Å². The fraction of sp³-hybridized carbons (Fsp3) is 0.227. The maximum atomic E-state index is 11.4. The molecule has 4 aromatic rings. The van der Waals surface area contributed by atoms with E-state index in [1.54, 1.807) is 6.07 Å². The predicted octanol–water partition coefficient (Wildman–Crippen LogP) is 11.4. The lowest BCUT2D eigenvalue weighted by Crippen LogP contribution is -2.24. The van der Waals surface area contributed by atoms with Crippen LogP contribution in [0.3, 0.4) is 0 Å². The number of carbonyl (C=O) groups is 1. The molecule has 242 valence electrons. The second-order valence-electron chi connectivity index (χ2n) is 14.6. The summed E-state index contributed by atoms with van der Waals surface area (Å²) >= 11 is 1.47. The number of benzene rings is 3. The minimum absolute atomic E-state index is 0.000588. The summed E-state index contributed by atoms with van der Waals surface area (Å²) < 4.78 is 0. The van der Waals surface area contributed by atoms with Gasteiger partial charge >= 0.3 is 5.97 Å². The highest BCUT2D eigenvalue weighted by atomic mass is 32.1. The molecule has 4 aliphatic carbocycles. The number of nitrogens with zero attached hydrogens (tertiary/aromatic N) is 2. The Hall–Kier alpha value is -5.18. The van der Waals surface area contributed by atoms with Gasteiger partial charge in [-0.2, -0.15) is 5.26 Å². The van der Waals surface area contributed by atoms with Crippen LogP contribution in [0.25, 0.3) is 22.1 Å². The zero-order valence-corrected chi connectivity index (χ0v) is 29.0. The van der Waals surface area contributed by atoms with Gasteiger partial charge in [-0.15, -0.1) is 11.3 Å². The molecule has 1 N–H and O–H groups in total. The molecule has 5 heteroatoms. The van der Waals surface area contributed by atoms with Crippen LogP contribution in [0.15, 0.2) is 120 Å². The van der Waals surface area contributed by atoms with Crippen molar-refractivity contribution in [3.63, 3.8) is 0 Å². The summed E-state index contributed by atoms with van der Waals surface area (Å²) in [6.07, 6.45) is 17.4. The van der Waals surface area contributed by atoms with Crippen molar-refractivity contribution < 1.29 is 9.90 Å². The fourth-order valence-corrected chi connectivity index (χ4v) is 9.51. The van der Waals surface area contributed by atoms with E-state index >= 15 is 0 Å². The van der Waals surface area contributed by atoms with Crippen LogP contribution in [0, 0.1) is 17.2 Å². The highest BCUT2D eigenvalue weighted by Crippen LogP contribution is 2.55. The normalized spacial score (nSPS) is 20.8. The Bertz CT molecular complexity index is 2230. The van der Waals surface area contributed by atoms with E-state index in [-0.39, 0.29) is 16.4 Å². The molecule has 4 aliphatic rings. The standard InChI is InChI=1S/C44H38N2O2S/c1-43(2)37-11-7-5-9-33(37)35-20-17-30(24-39(35)43)46(31-18-21-36-34-10-6-8-12-38(34)44(3,4)40(36)25-31)29-15-13-27(14-16-29)41-22-19-32(49-41)23-28(26-45)42(47)48/h5-7,9-11,13-25,33,37H,8,12H2,1-4H3,(H,47,48)/b28-23+. The molecule has 0 aliphatic heterocycles. The van der Waals surface area contributed by atoms with Crippen molar-refractivity contribution in [3.05, 3.63) is 148 Å². The maximum absolute atomic E-state index is 11.4. The fourth-order valence-electron chi connectivity index (χ4n) is 8.55. The van der Waals surface area contributed by atoms with E-state index in [4.69, 9.17) is 0 Å². The summed E-state index contributed by atoms with van der Waals surface area (Å²) in [6.45, 7) is 9.50. The number of thiophene rings is 1. The molecule has 0 bridgehead atoms. The largest absolute Gasteiger partial charge is 0.477 e. The minimum Gasteiger partial charge on any atom is -0.477 e.